The Morgan fingerprint density at radius 1 is 1.14 bits per heavy atom. The molecule has 1 saturated heterocycles. The second-order valence-electron chi connectivity index (χ2n) is 7.20. The van der Waals surface area contributed by atoms with Gasteiger partial charge in [0, 0.05) is 26.2 Å². The molecular weight excluding hydrogens is 268 g/mol. The van der Waals surface area contributed by atoms with Gasteiger partial charge in [-0.3, -0.25) is 14.5 Å². The first-order valence-electron chi connectivity index (χ1n) is 7.93. The molecule has 1 rings (SSSR count). The van der Waals surface area contributed by atoms with E-state index < -0.39 is 5.97 Å². The van der Waals surface area contributed by atoms with E-state index in [2.05, 4.69) is 27.7 Å². The predicted molar refractivity (Wildman–Crippen MR) is 83.0 cm³/mol. The van der Waals surface area contributed by atoms with Gasteiger partial charge in [-0.2, -0.15) is 0 Å². The van der Waals surface area contributed by atoms with Crippen LogP contribution in [0, 0.1) is 23.7 Å². The Labute approximate surface area is 128 Å². The summed E-state index contributed by atoms with van der Waals surface area (Å²) in [4.78, 5) is 27.5. The Hall–Kier alpha value is -1.10. The van der Waals surface area contributed by atoms with E-state index in [4.69, 9.17) is 5.11 Å². The highest BCUT2D eigenvalue weighted by molar-refractivity contribution is 5.78. The Balaban J connectivity index is 2.59. The zero-order valence-electron chi connectivity index (χ0n) is 14.0. The fourth-order valence-electron chi connectivity index (χ4n) is 2.97. The van der Waals surface area contributed by atoms with E-state index in [1.54, 1.807) is 0 Å². The SMILES string of the molecule is CC(C)CN(CC(C)C)C(=O)CN1C[C@@H](C)[C@H](C(=O)O)C1. The maximum atomic E-state index is 12.5. The lowest BCUT2D eigenvalue weighted by molar-refractivity contribution is -0.142. The smallest absolute Gasteiger partial charge is 0.308 e. The van der Waals surface area contributed by atoms with Crippen molar-refractivity contribution < 1.29 is 14.7 Å². The molecule has 1 N–H and O–H groups in total. The number of aliphatic carboxylic acids is 1. The Kier molecular flexibility index (Phi) is 6.65. The van der Waals surface area contributed by atoms with Crippen LogP contribution in [0.15, 0.2) is 0 Å². The molecule has 21 heavy (non-hydrogen) atoms. The van der Waals surface area contributed by atoms with E-state index in [1.165, 1.54) is 0 Å². The maximum Gasteiger partial charge on any atom is 0.308 e. The number of amides is 1. The highest BCUT2D eigenvalue weighted by Crippen LogP contribution is 2.23. The van der Waals surface area contributed by atoms with Crippen LogP contribution in [0.4, 0.5) is 0 Å². The van der Waals surface area contributed by atoms with E-state index in [0.717, 1.165) is 13.1 Å². The standard InChI is InChI=1S/C16H30N2O3/c1-11(2)6-18(7-12(3)4)15(19)10-17-8-13(5)14(9-17)16(20)21/h11-14H,6-10H2,1-5H3,(H,20,21)/t13-,14-/m1/s1. The molecule has 0 unspecified atom stereocenters. The van der Waals surface area contributed by atoms with Crippen LogP contribution in [0.25, 0.3) is 0 Å². The van der Waals surface area contributed by atoms with Crippen molar-refractivity contribution in [3.8, 4) is 0 Å². The van der Waals surface area contributed by atoms with Gasteiger partial charge in [0.05, 0.1) is 12.5 Å². The summed E-state index contributed by atoms with van der Waals surface area (Å²) in [6.45, 7) is 13.4. The van der Waals surface area contributed by atoms with Crippen molar-refractivity contribution >= 4 is 11.9 Å². The number of nitrogens with zero attached hydrogens (tertiary/aromatic N) is 2. The first kappa shape index (κ1) is 18.0. The normalized spacial score (nSPS) is 23.0. The highest BCUT2D eigenvalue weighted by Gasteiger charge is 2.35. The van der Waals surface area contributed by atoms with Gasteiger partial charge >= 0.3 is 5.97 Å². The third-order valence-electron chi connectivity index (χ3n) is 3.89. The first-order valence-corrected chi connectivity index (χ1v) is 7.93. The first-order chi connectivity index (χ1) is 9.70. The van der Waals surface area contributed by atoms with Crippen LogP contribution >= 0.6 is 0 Å². The zero-order valence-corrected chi connectivity index (χ0v) is 14.0. The molecule has 0 aromatic rings. The van der Waals surface area contributed by atoms with Crippen molar-refractivity contribution in [2.75, 3.05) is 32.7 Å². The summed E-state index contributed by atoms with van der Waals surface area (Å²) in [5.74, 6) is 0.0173. The molecule has 0 spiro atoms. The molecule has 5 nitrogen and oxygen atoms in total. The van der Waals surface area contributed by atoms with Crippen LogP contribution in [-0.4, -0.2) is 59.5 Å². The third-order valence-corrected chi connectivity index (χ3v) is 3.89. The molecule has 2 atom stereocenters. The molecule has 1 amide bonds. The predicted octanol–water partition coefficient (Wildman–Crippen LogP) is 1.78. The molecule has 1 aliphatic heterocycles. The Morgan fingerprint density at radius 2 is 1.67 bits per heavy atom. The molecule has 0 bridgehead atoms. The van der Waals surface area contributed by atoms with Gasteiger partial charge in [0.15, 0.2) is 0 Å². The van der Waals surface area contributed by atoms with E-state index in [9.17, 15) is 9.59 Å². The molecule has 0 aromatic heterocycles. The van der Waals surface area contributed by atoms with E-state index >= 15 is 0 Å². The molecule has 0 aliphatic carbocycles. The fraction of sp³-hybridized carbons (Fsp3) is 0.875. The molecule has 122 valence electrons. The van der Waals surface area contributed by atoms with Crippen LogP contribution < -0.4 is 0 Å². The summed E-state index contributed by atoms with van der Waals surface area (Å²) >= 11 is 0. The van der Waals surface area contributed by atoms with Crippen molar-refractivity contribution in [2.45, 2.75) is 34.6 Å². The molecule has 5 heteroatoms. The monoisotopic (exact) mass is 298 g/mol. The van der Waals surface area contributed by atoms with E-state index in [-0.39, 0.29) is 17.7 Å². The second kappa shape index (κ2) is 7.78. The maximum absolute atomic E-state index is 12.5. The van der Waals surface area contributed by atoms with Crippen LogP contribution in [0.1, 0.15) is 34.6 Å². The van der Waals surface area contributed by atoms with Crippen molar-refractivity contribution in [2.24, 2.45) is 23.7 Å². The number of carbonyl (C=O) groups is 2. The Bertz CT molecular complexity index is 359. The number of carboxylic acids is 1. The lowest BCUT2D eigenvalue weighted by Gasteiger charge is -2.28. The number of hydrogen-bond donors (Lipinski definition) is 1. The average molecular weight is 298 g/mol. The molecule has 0 radical (unpaired) electrons. The quantitative estimate of drug-likeness (QED) is 0.778. The number of carboxylic acid groups (broad SMARTS) is 1. The van der Waals surface area contributed by atoms with Gasteiger partial charge in [-0.1, -0.05) is 34.6 Å². The minimum atomic E-state index is -0.751. The minimum absolute atomic E-state index is 0.110. The summed E-state index contributed by atoms with van der Waals surface area (Å²) in [6, 6.07) is 0. The molecule has 1 aliphatic rings. The van der Waals surface area contributed by atoms with Crippen LogP contribution in [0.2, 0.25) is 0 Å². The lowest BCUT2D eigenvalue weighted by atomic mass is 9.99. The van der Waals surface area contributed by atoms with Crippen molar-refractivity contribution in [1.82, 2.24) is 9.80 Å². The third kappa shape index (κ3) is 5.65. The summed E-state index contributed by atoms with van der Waals surface area (Å²) in [5.41, 5.74) is 0. The molecule has 0 saturated carbocycles. The van der Waals surface area contributed by atoms with Gasteiger partial charge in [-0.25, -0.2) is 0 Å². The fourth-order valence-corrected chi connectivity index (χ4v) is 2.97. The topological polar surface area (TPSA) is 60.9 Å². The van der Waals surface area contributed by atoms with E-state index in [1.807, 2.05) is 16.7 Å². The van der Waals surface area contributed by atoms with Crippen LogP contribution in [0.5, 0.6) is 0 Å². The van der Waals surface area contributed by atoms with E-state index in [0.29, 0.717) is 31.5 Å². The molecule has 1 fully saturated rings. The molecule has 1 heterocycles. The largest absolute Gasteiger partial charge is 0.481 e. The van der Waals surface area contributed by atoms with Gasteiger partial charge in [0.25, 0.3) is 0 Å². The van der Waals surface area contributed by atoms with Crippen molar-refractivity contribution in [1.29, 1.82) is 0 Å². The van der Waals surface area contributed by atoms with Gasteiger partial charge in [-0.05, 0) is 17.8 Å². The van der Waals surface area contributed by atoms with Gasteiger partial charge in [0.2, 0.25) is 5.91 Å². The summed E-state index contributed by atoms with van der Waals surface area (Å²) < 4.78 is 0. The van der Waals surface area contributed by atoms with Crippen LogP contribution in [0.3, 0.4) is 0 Å². The average Bonchev–Trinajstić information content (AvgIpc) is 2.68. The van der Waals surface area contributed by atoms with Crippen LogP contribution in [-0.2, 0) is 9.59 Å². The van der Waals surface area contributed by atoms with Crippen molar-refractivity contribution in [3.63, 3.8) is 0 Å². The lowest BCUT2D eigenvalue weighted by Crippen LogP contribution is -2.43. The second-order valence-corrected chi connectivity index (χ2v) is 7.20. The highest BCUT2D eigenvalue weighted by atomic mass is 16.4. The molecular formula is C16H30N2O3. The zero-order chi connectivity index (χ0) is 16.2. The Morgan fingerprint density at radius 3 is 2.05 bits per heavy atom. The minimum Gasteiger partial charge on any atom is -0.481 e. The summed E-state index contributed by atoms with van der Waals surface area (Å²) in [5, 5.41) is 9.16. The summed E-state index contributed by atoms with van der Waals surface area (Å²) in [6.07, 6.45) is 0. The number of rotatable bonds is 7. The molecule has 0 aromatic carbocycles. The van der Waals surface area contributed by atoms with Gasteiger partial charge in [-0.15, -0.1) is 0 Å². The number of carbonyl (C=O) groups excluding carboxylic acids is 1. The van der Waals surface area contributed by atoms with Gasteiger partial charge in [0.1, 0.15) is 0 Å². The number of hydrogen-bond acceptors (Lipinski definition) is 3. The number of likely N-dealkylation sites (tertiary alicyclic amines) is 1. The summed E-state index contributed by atoms with van der Waals surface area (Å²) in [7, 11) is 0. The van der Waals surface area contributed by atoms with Crippen molar-refractivity contribution in [3.05, 3.63) is 0 Å². The van der Waals surface area contributed by atoms with Gasteiger partial charge < -0.3 is 10.0 Å².